The van der Waals surface area contributed by atoms with E-state index in [1.54, 1.807) is 37.4 Å². The molecule has 0 aliphatic carbocycles. The quantitative estimate of drug-likeness (QED) is 0.726. The van der Waals surface area contributed by atoms with Crippen LogP contribution in [0.3, 0.4) is 0 Å². The van der Waals surface area contributed by atoms with Gasteiger partial charge in [-0.1, -0.05) is 29.8 Å². The summed E-state index contributed by atoms with van der Waals surface area (Å²) in [7, 11) is 1.54. The van der Waals surface area contributed by atoms with Gasteiger partial charge in [-0.05, 0) is 30.3 Å². The standard InChI is InChI=1S/C18H14ClN3O2S/c1-20-16(23)12-5-2-6-13(8-12)17(24)22-18-21-15(10-25-18)11-4-3-7-14(19)9-11/h2-10H,1H3,(H,20,23)(H,21,22,24). The Morgan fingerprint density at radius 1 is 1.04 bits per heavy atom. The summed E-state index contributed by atoms with van der Waals surface area (Å²) in [4.78, 5) is 28.5. The maximum atomic E-state index is 12.4. The Labute approximate surface area is 153 Å². The van der Waals surface area contributed by atoms with Crippen molar-refractivity contribution in [2.45, 2.75) is 0 Å². The molecule has 2 amide bonds. The molecule has 0 spiro atoms. The molecule has 0 saturated carbocycles. The molecule has 126 valence electrons. The molecule has 0 aliphatic rings. The number of carbonyl (C=O) groups is 2. The Morgan fingerprint density at radius 2 is 1.76 bits per heavy atom. The number of anilines is 1. The Hall–Kier alpha value is -2.70. The highest BCUT2D eigenvalue weighted by molar-refractivity contribution is 7.14. The van der Waals surface area contributed by atoms with Crippen LogP contribution < -0.4 is 10.6 Å². The molecule has 5 nitrogen and oxygen atoms in total. The monoisotopic (exact) mass is 371 g/mol. The minimum absolute atomic E-state index is 0.243. The molecule has 0 saturated heterocycles. The summed E-state index contributed by atoms with van der Waals surface area (Å²) in [5.74, 6) is -0.565. The third-order valence-corrected chi connectivity index (χ3v) is 4.45. The molecule has 25 heavy (non-hydrogen) atoms. The minimum Gasteiger partial charge on any atom is -0.355 e. The summed E-state index contributed by atoms with van der Waals surface area (Å²) < 4.78 is 0. The van der Waals surface area contributed by atoms with E-state index >= 15 is 0 Å². The lowest BCUT2D eigenvalue weighted by atomic mass is 10.1. The van der Waals surface area contributed by atoms with Crippen LogP contribution in [0, 0.1) is 0 Å². The molecule has 0 radical (unpaired) electrons. The van der Waals surface area contributed by atoms with Gasteiger partial charge in [0.05, 0.1) is 5.69 Å². The van der Waals surface area contributed by atoms with Crippen LogP contribution in [0.25, 0.3) is 11.3 Å². The van der Waals surface area contributed by atoms with Crippen LogP contribution in [-0.2, 0) is 0 Å². The van der Waals surface area contributed by atoms with Crippen LogP contribution in [0.1, 0.15) is 20.7 Å². The van der Waals surface area contributed by atoms with E-state index in [1.807, 2.05) is 23.6 Å². The predicted octanol–water partition coefficient (Wildman–Crippen LogP) is 4.08. The Balaban J connectivity index is 1.77. The first-order valence-corrected chi connectivity index (χ1v) is 8.67. The SMILES string of the molecule is CNC(=O)c1cccc(C(=O)Nc2nc(-c3cccc(Cl)c3)cs2)c1. The fourth-order valence-corrected chi connectivity index (χ4v) is 3.13. The van der Waals surface area contributed by atoms with E-state index < -0.39 is 0 Å². The molecule has 1 aromatic heterocycles. The molecule has 0 atom stereocenters. The number of carbonyl (C=O) groups excluding carboxylic acids is 2. The first-order valence-electron chi connectivity index (χ1n) is 7.42. The average molecular weight is 372 g/mol. The normalized spacial score (nSPS) is 10.3. The Bertz CT molecular complexity index is 939. The lowest BCUT2D eigenvalue weighted by Crippen LogP contribution is -2.19. The van der Waals surface area contributed by atoms with Gasteiger partial charge >= 0.3 is 0 Å². The van der Waals surface area contributed by atoms with Crippen molar-refractivity contribution in [2.24, 2.45) is 0 Å². The second-order valence-electron chi connectivity index (χ2n) is 5.16. The van der Waals surface area contributed by atoms with Crippen molar-refractivity contribution in [2.75, 3.05) is 12.4 Å². The lowest BCUT2D eigenvalue weighted by Gasteiger charge is -2.04. The summed E-state index contributed by atoms with van der Waals surface area (Å²) in [5.41, 5.74) is 2.43. The van der Waals surface area contributed by atoms with Crippen molar-refractivity contribution in [1.82, 2.24) is 10.3 Å². The van der Waals surface area contributed by atoms with E-state index in [1.165, 1.54) is 11.3 Å². The molecule has 3 rings (SSSR count). The third-order valence-electron chi connectivity index (χ3n) is 3.46. The van der Waals surface area contributed by atoms with Gasteiger partial charge in [0.15, 0.2) is 5.13 Å². The van der Waals surface area contributed by atoms with Crippen molar-refractivity contribution < 1.29 is 9.59 Å². The van der Waals surface area contributed by atoms with E-state index in [0.717, 1.165) is 11.3 Å². The second kappa shape index (κ2) is 7.46. The molecule has 7 heteroatoms. The summed E-state index contributed by atoms with van der Waals surface area (Å²) in [6, 6.07) is 13.9. The highest BCUT2D eigenvalue weighted by atomic mass is 35.5. The summed E-state index contributed by atoms with van der Waals surface area (Å²) in [6.07, 6.45) is 0. The largest absolute Gasteiger partial charge is 0.355 e. The maximum Gasteiger partial charge on any atom is 0.257 e. The minimum atomic E-state index is -0.322. The number of nitrogens with zero attached hydrogens (tertiary/aromatic N) is 1. The van der Waals surface area contributed by atoms with E-state index in [0.29, 0.717) is 21.3 Å². The van der Waals surface area contributed by atoms with Crippen LogP contribution in [0.2, 0.25) is 5.02 Å². The second-order valence-corrected chi connectivity index (χ2v) is 6.46. The van der Waals surface area contributed by atoms with Gasteiger partial charge in [-0.3, -0.25) is 14.9 Å². The third kappa shape index (κ3) is 4.04. The average Bonchev–Trinajstić information content (AvgIpc) is 3.09. The number of amides is 2. The highest BCUT2D eigenvalue weighted by Crippen LogP contribution is 2.27. The van der Waals surface area contributed by atoms with E-state index in [2.05, 4.69) is 15.6 Å². The van der Waals surface area contributed by atoms with E-state index in [9.17, 15) is 9.59 Å². The molecule has 2 aromatic carbocycles. The number of nitrogens with one attached hydrogen (secondary N) is 2. The number of thiazole rings is 1. The molecular weight excluding hydrogens is 358 g/mol. The van der Waals surface area contributed by atoms with Gasteiger partial charge < -0.3 is 5.32 Å². The van der Waals surface area contributed by atoms with Crippen molar-refractivity contribution in [3.8, 4) is 11.3 Å². The first kappa shape index (κ1) is 17.1. The fourth-order valence-electron chi connectivity index (χ4n) is 2.23. The van der Waals surface area contributed by atoms with Crippen molar-refractivity contribution in [3.05, 3.63) is 70.1 Å². The number of hydrogen-bond donors (Lipinski definition) is 2. The molecule has 1 heterocycles. The van der Waals surface area contributed by atoms with Crippen molar-refractivity contribution >= 4 is 39.9 Å². The maximum absolute atomic E-state index is 12.4. The van der Waals surface area contributed by atoms with Gasteiger partial charge in [-0.25, -0.2) is 4.98 Å². The van der Waals surface area contributed by atoms with Crippen LogP contribution in [0.15, 0.2) is 53.9 Å². The van der Waals surface area contributed by atoms with E-state index in [-0.39, 0.29) is 11.8 Å². The zero-order chi connectivity index (χ0) is 17.8. The van der Waals surface area contributed by atoms with Crippen molar-refractivity contribution in [3.63, 3.8) is 0 Å². The molecule has 0 unspecified atom stereocenters. The number of aromatic nitrogens is 1. The number of benzene rings is 2. The van der Waals surface area contributed by atoms with Crippen molar-refractivity contribution in [1.29, 1.82) is 0 Å². The number of rotatable bonds is 4. The predicted molar refractivity (Wildman–Crippen MR) is 100 cm³/mol. The van der Waals surface area contributed by atoms with Gasteiger partial charge in [0, 0.05) is 34.1 Å². The van der Waals surface area contributed by atoms with E-state index in [4.69, 9.17) is 11.6 Å². The van der Waals surface area contributed by atoms with Crippen LogP contribution >= 0.6 is 22.9 Å². The van der Waals surface area contributed by atoms with Gasteiger partial charge in [-0.2, -0.15) is 0 Å². The summed E-state index contributed by atoms with van der Waals surface area (Å²) >= 11 is 7.31. The zero-order valence-electron chi connectivity index (χ0n) is 13.2. The summed E-state index contributed by atoms with van der Waals surface area (Å²) in [6.45, 7) is 0. The topological polar surface area (TPSA) is 71.1 Å². The smallest absolute Gasteiger partial charge is 0.257 e. The number of halogens is 1. The summed E-state index contributed by atoms with van der Waals surface area (Å²) in [5, 5.41) is 8.24. The molecule has 0 bridgehead atoms. The fraction of sp³-hybridized carbons (Fsp3) is 0.0556. The highest BCUT2D eigenvalue weighted by Gasteiger charge is 2.12. The zero-order valence-corrected chi connectivity index (χ0v) is 14.8. The molecule has 2 N–H and O–H groups in total. The Kier molecular flexibility index (Phi) is 5.11. The first-order chi connectivity index (χ1) is 12.1. The van der Waals surface area contributed by atoms with Crippen LogP contribution in [0.4, 0.5) is 5.13 Å². The number of hydrogen-bond acceptors (Lipinski definition) is 4. The Morgan fingerprint density at radius 3 is 2.48 bits per heavy atom. The van der Waals surface area contributed by atoms with Crippen LogP contribution in [0.5, 0.6) is 0 Å². The molecule has 0 aliphatic heterocycles. The molecule has 0 fully saturated rings. The van der Waals surface area contributed by atoms with Crippen LogP contribution in [-0.4, -0.2) is 23.8 Å². The van der Waals surface area contributed by atoms with Gasteiger partial charge in [0.2, 0.25) is 0 Å². The lowest BCUT2D eigenvalue weighted by molar-refractivity contribution is 0.0963. The molecule has 3 aromatic rings. The van der Waals surface area contributed by atoms with Gasteiger partial charge in [0.25, 0.3) is 11.8 Å². The molecular formula is C18H14ClN3O2S. The van der Waals surface area contributed by atoms with Gasteiger partial charge in [-0.15, -0.1) is 11.3 Å². The van der Waals surface area contributed by atoms with Gasteiger partial charge in [0.1, 0.15) is 0 Å².